The minimum Gasteiger partial charge on any atom is -0.345 e. The summed E-state index contributed by atoms with van der Waals surface area (Å²) in [4.78, 5) is 24.1. The molecule has 1 aromatic carbocycles. The van der Waals surface area contributed by atoms with Crippen LogP contribution in [0.25, 0.3) is 0 Å². The van der Waals surface area contributed by atoms with Crippen LogP contribution in [0.1, 0.15) is 36.9 Å². The second kappa shape index (κ2) is 7.27. The summed E-state index contributed by atoms with van der Waals surface area (Å²) in [6.45, 7) is 1.98. The van der Waals surface area contributed by atoms with E-state index in [-0.39, 0.29) is 6.04 Å². The maximum absolute atomic E-state index is 12.1. The zero-order valence-corrected chi connectivity index (χ0v) is 15.0. The number of carbonyl (C=O) groups excluding carboxylic acids is 2. The van der Waals surface area contributed by atoms with Crippen LogP contribution in [0.3, 0.4) is 0 Å². The van der Waals surface area contributed by atoms with Gasteiger partial charge in [-0.1, -0.05) is 30.7 Å². The van der Waals surface area contributed by atoms with Crippen molar-refractivity contribution in [1.29, 1.82) is 0 Å². The molecule has 0 aliphatic heterocycles. The first-order valence-electron chi connectivity index (χ1n) is 8.36. The maximum Gasteiger partial charge on any atom is 0.314 e. The standard InChI is InChI=1S/C18H21ClN4O2/c1-3-14-10-16(23(2)22-14)21-18(25)17(24)20-15-8-12(9-15)11-4-6-13(19)7-5-11/h4-7,10,12,15H,3,8-9H2,1-2H3,(H,20,24)(H,21,25). The van der Waals surface area contributed by atoms with Gasteiger partial charge in [-0.3, -0.25) is 14.3 Å². The molecule has 1 saturated carbocycles. The van der Waals surface area contributed by atoms with E-state index in [9.17, 15) is 9.59 Å². The van der Waals surface area contributed by atoms with Crippen molar-refractivity contribution in [3.63, 3.8) is 0 Å². The van der Waals surface area contributed by atoms with Crippen LogP contribution >= 0.6 is 11.6 Å². The molecule has 7 heteroatoms. The second-order valence-corrected chi connectivity index (χ2v) is 6.78. The van der Waals surface area contributed by atoms with Crippen molar-refractivity contribution in [3.05, 3.63) is 46.6 Å². The monoisotopic (exact) mass is 360 g/mol. The molecule has 0 unspecified atom stereocenters. The molecule has 0 atom stereocenters. The number of aryl methyl sites for hydroxylation is 2. The van der Waals surface area contributed by atoms with E-state index in [0.717, 1.165) is 25.0 Å². The highest BCUT2D eigenvalue weighted by molar-refractivity contribution is 6.39. The molecule has 0 radical (unpaired) electrons. The van der Waals surface area contributed by atoms with Gasteiger partial charge in [0.15, 0.2) is 0 Å². The lowest BCUT2D eigenvalue weighted by Crippen LogP contribution is -2.47. The summed E-state index contributed by atoms with van der Waals surface area (Å²) in [6.07, 6.45) is 2.42. The average Bonchev–Trinajstić information content (AvgIpc) is 2.91. The molecule has 1 heterocycles. The van der Waals surface area contributed by atoms with Gasteiger partial charge < -0.3 is 10.6 Å². The number of carbonyl (C=O) groups is 2. The first-order chi connectivity index (χ1) is 12.0. The molecule has 1 aromatic heterocycles. The number of benzene rings is 1. The number of hydrogen-bond acceptors (Lipinski definition) is 3. The largest absolute Gasteiger partial charge is 0.345 e. The molecular formula is C18H21ClN4O2. The zero-order valence-electron chi connectivity index (χ0n) is 14.3. The van der Waals surface area contributed by atoms with Crippen molar-refractivity contribution >= 4 is 29.2 Å². The molecule has 2 N–H and O–H groups in total. The minimum absolute atomic E-state index is 0.0247. The molecular weight excluding hydrogens is 340 g/mol. The highest BCUT2D eigenvalue weighted by Gasteiger charge is 2.32. The molecule has 2 aromatic rings. The van der Waals surface area contributed by atoms with Gasteiger partial charge in [-0.15, -0.1) is 0 Å². The summed E-state index contributed by atoms with van der Waals surface area (Å²) >= 11 is 5.89. The van der Waals surface area contributed by atoms with Gasteiger partial charge in [0.25, 0.3) is 0 Å². The summed E-state index contributed by atoms with van der Waals surface area (Å²) in [5.74, 6) is -0.362. The van der Waals surface area contributed by atoms with E-state index in [4.69, 9.17) is 11.6 Å². The average molecular weight is 361 g/mol. The number of halogens is 1. The molecule has 1 aliphatic rings. The SMILES string of the molecule is CCc1cc(NC(=O)C(=O)NC2CC(c3ccc(Cl)cc3)C2)n(C)n1. The first kappa shape index (κ1) is 17.5. The highest BCUT2D eigenvalue weighted by Crippen LogP contribution is 2.37. The van der Waals surface area contributed by atoms with Gasteiger partial charge in [-0.05, 0) is 42.9 Å². The van der Waals surface area contributed by atoms with Gasteiger partial charge >= 0.3 is 11.8 Å². The Balaban J connectivity index is 1.49. The fraction of sp³-hybridized carbons (Fsp3) is 0.389. The van der Waals surface area contributed by atoms with Gasteiger partial charge in [-0.2, -0.15) is 5.10 Å². The zero-order chi connectivity index (χ0) is 18.0. The Kier molecular flexibility index (Phi) is 5.08. The predicted octanol–water partition coefficient (Wildman–Crippen LogP) is 2.64. The molecule has 0 bridgehead atoms. The van der Waals surface area contributed by atoms with E-state index in [1.807, 2.05) is 31.2 Å². The van der Waals surface area contributed by atoms with Gasteiger partial charge in [0, 0.05) is 24.2 Å². The van der Waals surface area contributed by atoms with E-state index < -0.39 is 11.8 Å². The number of hydrogen-bond donors (Lipinski definition) is 2. The highest BCUT2D eigenvalue weighted by atomic mass is 35.5. The van der Waals surface area contributed by atoms with Gasteiger partial charge in [0.05, 0.1) is 5.69 Å². The topological polar surface area (TPSA) is 76.0 Å². The Morgan fingerprint density at radius 2 is 1.92 bits per heavy atom. The van der Waals surface area contributed by atoms with Crippen molar-refractivity contribution in [2.45, 2.75) is 38.1 Å². The molecule has 132 valence electrons. The Labute approximate surface area is 151 Å². The second-order valence-electron chi connectivity index (χ2n) is 6.34. The molecule has 2 amide bonds. The van der Waals surface area contributed by atoms with Gasteiger partial charge in [0.2, 0.25) is 0 Å². The van der Waals surface area contributed by atoms with Crippen LogP contribution in [0, 0.1) is 0 Å². The van der Waals surface area contributed by atoms with Crippen molar-refractivity contribution in [2.75, 3.05) is 5.32 Å². The lowest BCUT2D eigenvalue weighted by molar-refractivity contribution is -0.137. The van der Waals surface area contributed by atoms with Crippen LogP contribution in [0.5, 0.6) is 0 Å². The molecule has 0 spiro atoms. The third-order valence-electron chi connectivity index (χ3n) is 4.56. The lowest BCUT2D eigenvalue weighted by atomic mass is 9.76. The van der Waals surface area contributed by atoms with Crippen molar-refractivity contribution in [2.24, 2.45) is 7.05 Å². The summed E-state index contributed by atoms with van der Waals surface area (Å²) in [7, 11) is 1.73. The molecule has 0 saturated heterocycles. The van der Waals surface area contributed by atoms with Gasteiger partial charge in [-0.25, -0.2) is 0 Å². The van der Waals surface area contributed by atoms with Crippen LogP contribution in [-0.2, 0) is 23.1 Å². The number of nitrogens with zero attached hydrogens (tertiary/aromatic N) is 2. The third-order valence-corrected chi connectivity index (χ3v) is 4.81. The van der Waals surface area contributed by atoms with Crippen molar-refractivity contribution < 1.29 is 9.59 Å². The van der Waals surface area contributed by atoms with E-state index in [1.165, 1.54) is 5.56 Å². The Hall–Kier alpha value is -2.34. The van der Waals surface area contributed by atoms with E-state index in [2.05, 4.69) is 15.7 Å². The normalized spacial score (nSPS) is 19.2. The number of rotatable bonds is 4. The van der Waals surface area contributed by atoms with Crippen molar-refractivity contribution in [1.82, 2.24) is 15.1 Å². The maximum atomic E-state index is 12.1. The smallest absolute Gasteiger partial charge is 0.314 e. The summed E-state index contributed by atoms with van der Waals surface area (Å²) in [5, 5.41) is 10.3. The Morgan fingerprint density at radius 1 is 1.24 bits per heavy atom. The third kappa shape index (κ3) is 4.02. The van der Waals surface area contributed by atoms with Crippen molar-refractivity contribution in [3.8, 4) is 0 Å². The number of amides is 2. The number of aromatic nitrogens is 2. The van der Waals surface area contributed by atoms with E-state index >= 15 is 0 Å². The fourth-order valence-electron chi connectivity index (χ4n) is 2.98. The van der Waals surface area contributed by atoms with Crippen LogP contribution in [-0.4, -0.2) is 27.6 Å². The first-order valence-corrected chi connectivity index (χ1v) is 8.74. The quantitative estimate of drug-likeness (QED) is 0.823. The van der Waals surface area contributed by atoms with Gasteiger partial charge in [0.1, 0.15) is 5.82 Å². The van der Waals surface area contributed by atoms with Crippen LogP contribution in [0.4, 0.5) is 5.82 Å². The van der Waals surface area contributed by atoms with E-state index in [0.29, 0.717) is 16.8 Å². The lowest BCUT2D eigenvalue weighted by Gasteiger charge is -2.36. The van der Waals surface area contributed by atoms with Crippen LogP contribution < -0.4 is 10.6 Å². The van der Waals surface area contributed by atoms with Crippen LogP contribution in [0.2, 0.25) is 5.02 Å². The molecule has 1 aliphatic carbocycles. The molecule has 3 rings (SSSR count). The number of nitrogens with one attached hydrogen (secondary N) is 2. The molecule has 6 nitrogen and oxygen atoms in total. The summed E-state index contributed by atoms with van der Waals surface area (Å²) in [6, 6.07) is 9.54. The fourth-order valence-corrected chi connectivity index (χ4v) is 3.11. The van der Waals surface area contributed by atoms with Crippen LogP contribution in [0.15, 0.2) is 30.3 Å². The predicted molar refractivity (Wildman–Crippen MR) is 96.6 cm³/mol. The number of anilines is 1. The summed E-state index contributed by atoms with van der Waals surface area (Å²) in [5.41, 5.74) is 2.07. The van der Waals surface area contributed by atoms with E-state index in [1.54, 1.807) is 17.8 Å². The molecule has 25 heavy (non-hydrogen) atoms. The Morgan fingerprint density at radius 3 is 2.52 bits per heavy atom. The Bertz CT molecular complexity index is 779. The molecule has 1 fully saturated rings. The minimum atomic E-state index is -0.666. The summed E-state index contributed by atoms with van der Waals surface area (Å²) < 4.78 is 1.56.